The Bertz CT molecular complexity index is 827. The highest BCUT2D eigenvalue weighted by Gasteiger charge is 2.14. The minimum absolute atomic E-state index is 0.0683. The normalized spacial score (nSPS) is 12.3. The number of phenolic OH excluding ortho intramolecular Hbond substituents is 1. The molecule has 0 radical (unpaired) electrons. The molecule has 5 heteroatoms. The predicted molar refractivity (Wildman–Crippen MR) is 91.6 cm³/mol. The van der Waals surface area contributed by atoms with Crippen molar-refractivity contribution in [3.63, 3.8) is 0 Å². The summed E-state index contributed by atoms with van der Waals surface area (Å²) >= 11 is 0. The van der Waals surface area contributed by atoms with Gasteiger partial charge < -0.3 is 10.4 Å². The number of benzene rings is 2. The Morgan fingerprint density at radius 3 is 2.58 bits per heavy atom. The molecule has 1 heterocycles. The van der Waals surface area contributed by atoms with E-state index >= 15 is 0 Å². The zero-order valence-electron chi connectivity index (χ0n) is 13.7. The fourth-order valence-electron chi connectivity index (χ4n) is 2.72. The third kappa shape index (κ3) is 3.31. The molecule has 1 aromatic heterocycles. The van der Waals surface area contributed by atoms with E-state index in [1.165, 1.54) is 12.1 Å². The van der Waals surface area contributed by atoms with Crippen LogP contribution in [0.5, 0.6) is 5.75 Å². The molecule has 3 rings (SSSR count). The van der Waals surface area contributed by atoms with Crippen LogP contribution in [0.2, 0.25) is 0 Å². The van der Waals surface area contributed by atoms with E-state index in [9.17, 15) is 9.50 Å². The maximum atomic E-state index is 13.1. The van der Waals surface area contributed by atoms with Gasteiger partial charge in [-0.1, -0.05) is 18.2 Å². The third-order valence-corrected chi connectivity index (χ3v) is 4.18. The van der Waals surface area contributed by atoms with E-state index in [1.807, 2.05) is 25.3 Å². The van der Waals surface area contributed by atoms with Gasteiger partial charge in [-0.25, -0.2) is 9.07 Å². The smallest absolute Gasteiger partial charge is 0.123 e. The summed E-state index contributed by atoms with van der Waals surface area (Å²) in [4.78, 5) is 0. The average Bonchev–Trinajstić information content (AvgIpc) is 2.96. The van der Waals surface area contributed by atoms with Gasteiger partial charge in [-0.05, 0) is 44.2 Å². The summed E-state index contributed by atoms with van der Waals surface area (Å²) in [6, 6.07) is 13.6. The number of nitrogens with zero attached hydrogens (tertiary/aromatic N) is 2. The summed E-state index contributed by atoms with van der Waals surface area (Å²) in [5.74, 6) is 0.0254. The van der Waals surface area contributed by atoms with Crippen molar-refractivity contribution >= 4 is 0 Å². The number of halogens is 1. The Hall–Kier alpha value is -2.66. The fourth-order valence-corrected chi connectivity index (χ4v) is 2.72. The molecule has 0 aliphatic carbocycles. The lowest BCUT2D eigenvalue weighted by Crippen LogP contribution is -2.18. The number of para-hydroxylation sites is 1. The topological polar surface area (TPSA) is 50.1 Å². The monoisotopic (exact) mass is 325 g/mol. The first kappa shape index (κ1) is 16.2. The maximum Gasteiger partial charge on any atom is 0.123 e. The molecule has 124 valence electrons. The molecule has 0 saturated heterocycles. The Balaban J connectivity index is 1.75. The fraction of sp³-hybridized carbons (Fsp3) is 0.211. The van der Waals surface area contributed by atoms with E-state index in [4.69, 9.17) is 0 Å². The minimum Gasteiger partial charge on any atom is -0.508 e. The van der Waals surface area contributed by atoms with Crippen molar-refractivity contribution in [2.45, 2.75) is 26.4 Å². The summed E-state index contributed by atoms with van der Waals surface area (Å²) in [7, 11) is 0. The van der Waals surface area contributed by atoms with Gasteiger partial charge >= 0.3 is 0 Å². The second-order valence-electron chi connectivity index (χ2n) is 5.80. The highest BCUT2D eigenvalue weighted by atomic mass is 19.1. The molecule has 2 N–H and O–H groups in total. The van der Waals surface area contributed by atoms with Crippen molar-refractivity contribution < 1.29 is 9.50 Å². The van der Waals surface area contributed by atoms with Crippen LogP contribution in [-0.2, 0) is 6.54 Å². The summed E-state index contributed by atoms with van der Waals surface area (Å²) in [5, 5.41) is 17.6. The van der Waals surface area contributed by atoms with Gasteiger partial charge in [-0.3, -0.25) is 0 Å². The average molecular weight is 325 g/mol. The highest BCUT2D eigenvalue weighted by molar-refractivity contribution is 5.36. The Kier molecular flexibility index (Phi) is 4.62. The van der Waals surface area contributed by atoms with Crippen molar-refractivity contribution in [2.24, 2.45) is 0 Å². The zero-order valence-corrected chi connectivity index (χ0v) is 13.7. The number of hydrogen-bond donors (Lipinski definition) is 2. The molecule has 0 bridgehead atoms. The molecule has 0 saturated carbocycles. The lowest BCUT2D eigenvalue weighted by molar-refractivity contribution is 0.460. The molecule has 0 amide bonds. The summed E-state index contributed by atoms with van der Waals surface area (Å²) in [6.45, 7) is 4.61. The van der Waals surface area contributed by atoms with E-state index in [0.29, 0.717) is 6.54 Å². The zero-order chi connectivity index (χ0) is 17.1. The summed E-state index contributed by atoms with van der Waals surface area (Å²) in [5.41, 5.74) is 3.75. The van der Waals surface area contributed by atoms with E-state index in [1.54, 1.807) is 28.9 Å². The third-order valence-electron chi connectivity index (χ3n) is 4.18. The van der Waals surface area contributed by atoms with E-state index in [0.717, 1.165) is 22.5 Å². The Labute approximate surface area is 140 Å². The first-order valence-electron chi connectivity index (χ1n) is 7.87. The molecule has 0 fully saturated rings. The standard InChI is InChI=1S/C19H20FN3O/c1-13(21-11-15-5-3-4-6-19(15)24)18-12-22-23(14(18)2)17-9-7-16(20)8-10-17/h3-10,12-13,21,24H,11H2,1-2H3/t13-/m0/s1. The first-order chi connectivity index (χ1) is 11.6. The highest BCUT2D eigenvalue weighted by Crippen LogP contribution is 2.22. The van der Waals surface area contributed by atoms with Crippen LogP contribution in [0, 0.1) is 12.7 Å². The van der Waals surface area contributed by atoms with Crippen LogP contribution >= 0.6 is 0 Å². The van der Waals surface area contributed by atoms with Crippen LogP contribution < -0.4 is 5.32 Å². The minimum atomic E-state index is -0.263. The van der Waals surface area contributed by atoms with Crippen molar-refractivity contribution in [1.29, 1.82) is 0 Å². The molecule has 24 heavy (non-hydrogen) atoms. The van der Waals surface area contributed by atoms with Crippen molar-refractivity contribution in [3.05, 3.63) is 77.4 Å². The van der Waals surface area contributed by atoms with E-state index in [-0.39, 0.29) is 17.6 Å². The number of phenols is 1. The van der Waals surface area contributed by atoms with Gasteiger partial charge in [-0.2, -0.15) is 5.10 Å². The number of rotatable bonds is 5. The molecule has 0 aliphatic rings. The maximum absolute atomic E-state index is 13.1. The van der Waals surface area contributed by atoms with Gasteiger partial charge in [0.25, 0.3) is 0 Å². The van der Waals surface area contributed by atoms with Gasteiger partial charge in [0.15, 0.2) is 0 Å². The van der Waals surface area contributed by atoms with Crippen LogP contribution in [0.25, 0.3) is 5.69 Å². The molecule has 0 aliphatic heterocycles. The molecular formula is C19H20FN3O. The second kappa shape index (κ2) is 6.84. The van der Waals surface area contributed by atoms with Crippen molar-refractivity contribution in [3.8, 4) is 11.4 Å². The van der Waals surface area contributed by atoms with Crippen LogP contribution in [-0.4, -0.2) is 14.9 Å². The van der Waals surface area contributed by atoms with Gasteiger partial charge in [-0.15, -0.1) is 0 Å². The Morgan fingerprint density at radius 1 is 1.17 bits per heavy atom. The quantitative estimate of drug-likeness (QED) is 0.748. The lowest BCUT2D eigenvalue weighted by atomic mass is 10.1. The van der Waals surface area contributed by atoms with E-state index in [2.05, 4.69) is 17.3 Å². The van der Waals surface area contributed by atoms with Crippen LogP contribution in [0.3, 0.4) is 0 Å². The van der Waals surface area contributed by atoms with E-state index < -0.39 is 0 Å². The number of hydrogen-bond acceptors (Lipinski definition) is 3. The molecule has 2 aromatic carbocycles. The summed E-state index contributed by atoms with van der Waals surface area (Å²) in [6.07, 6.45) is 1.82. The summed E-state index contributed by atoms with van der Waals surface area (Å²) < 4.78 is 14.9. The Morgan fingerprint density at radius 2 is 1.88 bits per heavy atom. The SMILES string of the molecule is Cc1c([C@H](C)NCc2ccccc2O)cnn1-c1ccc(F)cc1. The van der Waals surface area contributed by atoms with Gasteiger partial charge in [0.05, 0.1) is 11.9 Å². The predicted octanol–water partition coefficient (Wildman–Crippen LogP) is 3.88. The van der Waals surface area contributed by atoms with Crippen molar-refractivity contribution in [2.75, 3.05) is 0 Å². The number of aromatic hydroxyl groups is 1. The molecule has 3 aromatic rings. The van der Waals surface area contributed by atoms with Crippen LogP contribution in [0.4, 0.5) is 4.39 Å². The molecule has 0 unspecified atom stereocenters. The van der Waals surface area contributed by atoms with Gasteiger partial charge in [0, 0.05) is 29.4 Å². The van der Waals surface area contributed by atoms with Crippen LogP contribution in [0.1, 0.15) is 29.8 Å². The number of aromatic nitrogens is 2. The largest absolute Gasteiger partial charge is 0.508 e. The second-order valence-corrected chi connectivity index (χ2v) is 5.80. The molecule has 4 nitrogen and oxygen atoms in total. The molecular weight excluding hydrogens is 305 g/mol. The first-order valence-corrected chi connectivity index (χ1v) is 7.87. The van der Waals surface area contributed by atoms with Gasteiger partial charge in [0.1, 0.15) is 11.6 Å². The lowest BCUT2D eigenvalue weighted by Gasteiger charge is -2.15. The molecule has 1 atom stereocenters. The van der Waals surface area contributed by atoms with Crippen LogP contribution in [0.15, 0.2) is 54.7 Å². The van der Waals surface area contributed by atoms with Gasteiger partial charge in [0.2, 0.25) is 0 Å². The molecule has 0 spiro atoms. The number of nitrogens with one attached hydrogen (secondary N) is 1. The van der Waals surface area contributed by atoms with Crippen molar-refractivity contribution in [1.82, 2.24) is 15.1 Å².